The van der Waals surface area contributed by atoms with E-state index < -0.39 is 25.3 Å². The van der Waals surface area contributed by atoms with E-state index in [9.17, 15) is 19.3 Å². The van der Waals surface area contributed by atoms with Crippen molar-refractivity contribution < 1.29 is 23.8 Å². The number of nitrogens with zero attached hydrogens (tertiary/aromatic N) is 1. The Morgan fingerprint density at radius 1 is 1.09 bits per heavy atom. The van der Waals surface area contributed by atoms with Gasteiger partial charge >= 0.3 is 5.97 Å². The van der Waals surface area contributed by atoms with Crippen LogP contribution in [0.2, 0.25) is 0 Å². The number of unbranched alkanes of at least 4 members (excludes halogenated alkanes) is 1. The zero-order valence-electron chi connectivity index (χ0n) is 19.0. The highest BCUT2D eigenvalue weighted by molar-refractivity contribution is 8.00. The second kappa shape index (κ2) is 12.4. The second-order valence-electron chi connectivity index (χ2n) is 8.25. The summed E-state index contributed by atoms with van der Waals surface area (Å²) >= 11 is 1.58. The van der Waals surface area contributed by atoms with E-state index in [-0.39, 0.29) is 18.0 Å². The van der Waals surface area contributed by atoms with Gasteiger partial charge in [-0.2, -0.15) is 0 Å². The van der Waals surface area contributed by atoms with Crippen LogP contribution in [0.15, 0.2) is 65.6 Å². The Bertz CT molecular complexity index is 956. The minimum absolute atomic E-state index is 0.0187. The van der Waals surface area contributed by atoms with Crippen molar-refractivity contribution in [2.75, 3.05) is 25.5 Å². The minimum atomic E-state index is -3.18. The first-order valence-electron chi connectivity index (χ1n) is 11.4. The predicted molar refractivity (Wildman–Crippen MR) is 132 cm³/mol. The summed E-state index contributed by atoms with van der Waals surface area (Å²) in [6.45, 7) is 2.36. The van der Waals surface area contributed by atoms with E-state index in [0.29, 0.717) is 25.5 Å². The van der Waals surface area contributed by atoms with E-state index in [1.54, 1.807) is 18.7 Å². The van der Waals surface area contributed by atoms with Gasteiger partial charge in [0.2, 0.25) is 13.3 Å². The average Bonchev–Trinajstić information content (AvgIpc) is 3.23. The lowest BCUT2D eigenvalue weighted by Gasteiger charge is -2.24. The Kier molecular flexibility index (Phi) is 9.60. The van der Waals surface area contributed by atoms with Gasteiger partial charge in [-0.25, -0.2) is 4.79 Å². The van der Waals surface area contributed by atoms with Crippen molar-refractivity contribution in [3.05, 3.63) is 66.2 Å². The van der Waals surface area contributed by atoms with Gasteiger partial charge in [-0.15, -0.1) is 11.8 Å². The summed E-state index contributed by atoms with van der Waals surface area (Å²) in [5.41, 5.74) is 1.23. The third-order valence-corrected chi connectivity index (χ3v) is 9.41. The number of carboxylic acids is 1. The van der Waals surface area contributed by atoms with Crippen LogP contribution in [0.1, 0.15) is 31.7 Å². The number of hydrogen-bond donors (Lipinski definition) is 1. The molecular weight excluding hydrogens is 457 g/mol. The third kappa shape index (κ3) is 7.73. The maximum atomic E-state index is 13.4. The van der Waals surface area contributed by atoms with Crippen LogP contribution < -0.4 is 0 Å². The number of hydrogen-bond acceptors (Lipinski definition) is 5. The van der Waals surface area contributed by atoms with Crippen LogP contribution in [0, 0.1) is 0 Å². The number of thioether (sulfide) groups is 1. The summed E-state index contributed by atoms with van der Waals surface area (Å²) in [4.78, 5) is 27.4. The van der Waals surface area contributed by atoms with Crippen LogP contribution in [0.25, 0.3) is 0 Å². The number of carboxylic acid groups (broad SMARTS) is 1. The first kappa shape index (κ1) is 25.5. The van der Waals surface area contributed by atoms with Crippen LogP contribution in [-0.2, 0) is 25.1 Å². The van der Waals surface area contributed by atoms with Gasteiger partial charge < -0.3 is 14.5 Å². The molecule has 8 heteroatoms. The van der Waals surface area contributed by atoms with Gasteiger partial charge in [0.1, 0.15) is 12.2 Å². The highest BCUT2D eigenvalue weighted by Gasteiger charge is 2.42. The van der Waals surface area contributed by atoms with Gasteiger partial charge in [-0.1, -0.05) is 48.5 Å². The van der Waals surface area contributed by atoms with Gasteiger partial charge in [0.25, 0.3) is 0 Å². The molecule has 0 saturated carbocycles. The zero-order chi connectivity index (χ0) is 23.7. The van der Waals surface area contributed by atoms with E-state index >= 15 is 0 Å². The molecule has 1 aliphatic heterocycles. The molecule has 3 rings (SSSR count). The topological polar surface area (TPSA) is 83.9 Å². The number of amides is 1. The number of likely N-dealkylation sites (tertiary alicyclic amines) is 1. The normalized spacial score (nSPS) is 19.8. The standard InChI is InChI=1S/C25H32NO5PS/c1-2-31-32(30,16-10-9-13-20-11-5-3-6-12-20)19-24(27)26-18-22(17-23(26)25(28)29)33-21-14-7-4-8-15-21/h3-8,11-12,14-15,22-23H,2,9-10,13,16-19H2,1H3,(H,28,29)/t22?,23-,32?/m0/s1. The third-order valence-electron chi connectivity index (χ3n) is 5.71. The number of carbonyl (C=O) groups is 2. The molecule has 2 unspecified atom stereocenters. The lowest BCUT2D eigenvalue weighted by atomic mass is 10.1. The van der Waals surface area contributed by atoms with Crippen molar-refractivity contribution in [1.29, 1.82) is 0 Å². The monoisotopic (exact) mass is 489 g/mol. The summed E-state index contributed by atoms with van der Waals surface area (Å²) in [5, 5.41) is 9.68. The number of aliphatic carboxylic acids is 1. The summed E-state index contributed by atoms with van der Waals surface area (Å²) in [7, 11) is -3.18. The van der Waals surface area contributed by atoms with Crippen molar-refractivity contribution in [3.63, 3.8) is 0 Å². The van der Waals surface area contributed by atoms with Crippen LogP contribution in [0.5, 0.6) is 0 Å². The first-order valence-corrected chi connectivity index (χ1v) is 14.3. The van der Waals surface area contributed by atoms with Crippen molar-refractivity contribution in [1.82, 2.24) is 4.90 Å². The van der Waals surface area contributed by atoms with Crippen LogP contribution >= 0.6 is 19.1 Å². The maximum Gasteiger partial charge on any atom is 0.326 e. The average molecular weight is 490 g/mol. The van der Waals surface area contributed by atoms with E-state index in [2.05, 4.69) is 12.1 Å². The van der Waals surface area contributed by atoms with E-state index in [4.69, 9.17) is 4.52 Å². The Balaban J connectivity index is 1.58. The molecule has 1 N–H and O–H groups in total. The van der Waals surface area contributed by atoms with Gasteiger partial charge in [-0.05, 0) is 50.3 Å². The fraction of sp³-hybridized carbons (Fsp3) is 0.440. The van der Waals surface area contributed by atoms with Crippen LogP contribution in [-0.4, -0.2) is 58.7 Å². The first-order chi connectivity index (χ1) is 15.9. The second-order valence-corrected chi connectivity index (χ2v) is 12.3. The predicted octanol–water partition coefficient (Wildman–Crippen LogP) is 5.17. The molecular formula is C25H32NO5PS. The molecule has 2 aromatic rings. The Labute approximate surface area is 200 Å². The minimum Gasteiger partial charge on any atom is -0.480 e. The van der Waals surface area contributed by atoms with Gasteiger partial charge in [-0.3, -0.25) is 9.36 Å². The van der Waals surface area contributed by atoms with E-state index in [1.165, 1.54) is 10.5 Å². The summed E-state index contributed by atoms with van der Waals surface area (Å²) < 4.78 is 19.0. The summed E-state index contributed by atoms with van der Waals surface area (Å²) in [6, 6.07) is 19.0. The lowest BCUT2D eigenvalue weighted by Crippen LogP contribution is -2.42. The molecule has 1 fully saturated rings. The zero-order valence-corrected chi connectivity index (χ0v) is 20.7. The Morgan fingerprint density at radius 3 is 2.39 bits per heavy atom. The molecule has 0 aromatic heterocycles. The number of carbonyl (C=O) groups excluding carboxylic acids is 1. The molecule has 6 nitrogen and oxygen atoms in total. The number of benzene rings is 2. The lowest BCUT2D eigenvalue weighted by molar-refractivity contribution is -0.147. The largest absolute Gasteiger partial charge is 0.480 e. The fourth-order valence-electron chi connectivity index (χ4n) is 4.13. The van der Waals surface area contributed by atoms with Gasteiger partial charge in [0.15, 0.2) is 0 Å². The molecule has 1 heterocycles. The molecule has 0 spiro atoms. The molecule has 1 amide bonds. The molecule has 1 aliphatic rings. The van der Waals surface area contributed by atoms with Crippen molar-refractivity contribution >= 4 is 31.0 Å². The number of aryl methyl sites for hydroxylation is 1. The molecule has 0 aliphatic carbocycles. The summed E-state index contributed by atoms with van der Waals surface area (Å²) in [6.07, 6.45) is 2.88. The molecule has 3 atom stereocenters. The number of rotatable bonds is 12. The highest BCUT2D eigenvalue weighted by atomic mass is 32.2. The quantitative estimate of drug-likeness (QED) is 0.327. The molecule has 0 radical (unpaired) electrons. The smallest absolute Gasteiger partial charge is 0.326 e. The SMILES string of the molecule is CCOP(=O)(CCCCc1ccccc1)CC(=O)N1CC(Sc2ccccc2)C[C@H]1C(=O)O. The fourth-order valence-corrected chi connectivity index (χ4v) is 7.49. The van der Waals surface area contributed by atoms with Crippen LogP contribution in [0.4, 0.5) is 0 Å². The molecule has 2 aromatic carbocycles. The van der Waals surface area contributed by atoms with Gasteiger partial charge in [0, 0.05) is 22.9 Å². The van der Waals surface area contributed by atoms with Gasteiger partial charge in [0.05, 0.1) is 6.61 Å². The molecule has 0 bridgehead atoms. The Morgan fingerprint density at radius 2 is 1.76 bits per heavy atom. The molecule has 1 saturated heterocycles. The molecule has 178 valence electrons. The van der Waals surface area contributed by atoms with Crippen molar-refractivity contribution in [2.24, 2.45) is 0 Å². The van der Waals surface area contributed by atoms with Crippen molar-refractivity contribution in [3.8, 4) is 0 Å². The highest BCUT2D eigenvalue weighted by Crippen LogP contribution is 2.48. The molecule has 33 heavy (non-hydrogen) atoms. The van der Waals surface area contributed by atoms with E-state index in [0.717, 1.165) is 17.7 Å². The maximum absolute atomic E-state index is 13.4. The van der Waals surface area contributed by atoms with Crippen LogP contribution in [0.3, 0.4) is 0 Å². The Hall–Kier alpha value is -2.08. The van der Waals surface area contributed by atoms with E-state index in [1.807, 2.05) is 48.5 Å². The summed E-state index contributed by atoms with van der Waals surface area (Å²) in [5.74, 6) is -1.41. The van der Waals surface area contributed by atoms with Crippen molar-refractivity contribution in [2.45, 2.75) is 48.8 Å².